The van der Waals surface area contributed by atoms with E-state index in [0.29, 0.717) is 19.8 Å². The third kappa shape index (κ3) is 4.31. The summed E-state index contributed by atoms with van der Waals surface area (Å²) in [6.07, 6.45) is 2.78. The van der Waals surface area contributed by atoms with Gasteiger partial charge in [0.15, 0.2) is 11.5 Å². The van der Waals surface area contributed by atoms with Crippen molar-refractivity contribution < 1.29 is 14.3 Å². The van der Waals surface area contributed by atoms with Gasteiger partial charge < -0.3 is 25.1 Å². The third-order valence-electron chi connectivity index (χ3n) is 5.23. The van der Waals surface area contributed by atoms with Gasteiger partial charge >= 0.3 is 6.03 Å². The van der Waals surface area contributed by atoms with Crippen LogP contribution in [0.2, 0.25) is 0 Å². The number of H-pyrrole nitrogens is 1. The number of para-hydroxylation sites is 1. The molecule has 3 aromatic rings. The summed E-state index contributed by atoms with van der Waals surface area (Å²) in [7, 11) is 0. The van der Waals surface area contributed by atoms with Gasteiger partial charge in [0.25, 0.3) is 0 Å². The molecule has 1 aromatic heterocycles. The Hall–Kier alpha value is -3.15. The molecule has 1 unspecified atom stereocenters. The van der Waals surface area contributed by atoms with Gasteiger partial charge in [-0.1, -0.05) is 38.1 Å². The topological polar surface area (TPSA) is 75.4 Å². The van der Waals surface area contributed by atoms with Gasteiger partial charge in [-0.2, -0.15) is 0 Å². The highest BCUT2D eigenvalue weighted by Crippen LogP contribution is 2.34. The van der Waals surface area contributed by atoms with Crippen molar-refractivity contribution in [2.45, 2.75) is 26.3 Å². The normalized spacial score (nSPS) is 14.0. The van der Waals surface area contributed by atoms with Crippen LogP contribution in [-0.2, 0) is 6.42 Å². The number of benzene rings is 2. The second-order valence-corrected chi connectivity index (χ2v) is 7.63. The first-order valence-corrected chi connectivity index (χ1v) is 10.1. The van der Waals surface area contributed by atoms with Crippen LogP contribution in [0.4, 0.5) is 4.79 Å². The minimum atomic E-state index is -0.168. The zero-order valence-electron chi connectivity index (χ0n) is 16.8. The van der Waals surface area contributed by atoms with E-state index in [2.05, 4.69) is 41.6 Å². The molecule has 152 valence electrons. The molecule has 6 nitrogen and oxygen atoms in total. The van der Waals surface area contributed by atoms with Crippen molar-refractivity contribution in [3.05, 3.63) is 59.8 Å². The van der Waals surface area contributed by atoms with E-state index >= 15 is 0 Å². The lowest BCUT2D eigenvalue weighted by atomic mass is 9.95. The minimum Gasteiger partial charge on any atom is -0.486 e. The monoisotopic (exact) mass is 393 g/mol. The summed E-state index contributed by atoms with van der Waals surface area (Å²) in [6, 6.07) is 13.8. The van der Waals surface area contributed by atoms with Gasteiger partial charge in [0, 0.05) is 23.6 Å². The molecule has 3 N–H and O–H groups in total. The van der Waals surface area contributed by atoms with Gasteiger partial charge in [-0.05, 0) is 41.7 Å². The van der Waals surface area contributed by atoms with Crippen molar-refractivity contribution in [3.63, 3.8) is 0 Å². The molecule has 0 fully saturated rings. The highest BCUT2D eigenvalue weighted by atomic mass is 16.6. The number of hydrogen-bond acceptors (Lipinski definition) is 3. The van der Waals surface area contributed by atoms with Crippen LogP contribution in [0.25, 0.3) is 10.9 Å². The fourth-order valence-corrected chi connectivity index (χ4v) is 3.73. The highest BCUT2D eigenvalue weighted by Gasteiger charge is 2.21. The maximum atomic E-state index is 12.5. The molecule has 1 aliphatic rings. The standard InChI is InChI=1S/C23H27N3O3/c1-15(2)22(16-7-8-20-21(13-16)29-12-11-28-20)26-23(27)24-10-9-17-14-25-19-6-4-3-5-18(17)19/h3-8,13-15,22,25H,9-12H2,1-2H3,(H2,24,26,27). The van der Waals surface area contributed by atoms with E-state index in [1.807, 2.05) is 36.5 Å². The van der Waals surface area contributed by atoms with Crippen LogP contribution < -0.4 is 20.1 Å². The smallest absolute Gasteiger partial charge is 0.315 e. The Morgan fingerprint density at radius 2 is 1.90 bits per heavy atom. The number of hydrogen-bond donors (Lipinski definition) is 3. The maximum absolute atomic E-state index is 12.5. The summed E-state index contributed by atoms with van der Waals surface area (Å²) in [5, 5.41) is 7.29. The zero-order chi connectivity index (χ0) is 20.2. The molecule has 2 heterocycles. The summed E-state index contributed by atoms with van der Waals surface area (Å²) in [6.45, 7) is 5.86. The Labute approximate surface area is 170 Å². The highest BCUT2D eigenvalue weighted by molar-refractivity contribution is 5.83. The molecule has 0 saturated carbocycles. The van der Waals surface area contributed by atoms with Crippen molar-refractivity contribution in [3.8, 4) is 11.5 Å². The Bertz CT molecular complexity index is 996. The Morgan fingerprint density at radius 3 is 2.72 bits per heavy atom. The Balaban J connectivity index is 1.36. The first kappa shape index (κ1) is 19.2. The van der Waals surface area contributed by atoms with E-state index in [4.69, 9.17) is 9.47 Å². The van der Waals surface area contributed by atoms with Gasteiger partial charge in [0.05, 0.1) is 6.04 Å². The lowest BCUT2D eigenvalue weighted by Crippen LogP contribution is -2.40. The first-order valence-electron chi connectivity index (χ1n) is 10.1. The lowest BCUT2D eigenvalue weighted by Gasteiger charge is -2.25. The summed E-state index contributed by atoms with van der Waals surface area (Å²) < 4.78 is 11.3. The molecular formula is C23H27N3O3. The molecule has 29 heavy (non-hydrogen) atoms. The molecule has 2 amide bonds. The number of aromatic nitrogens is 1. The summed E-state index contributed by atoms with van der Waals surface area (Å²) in [5.74, 6) is 1.73. The molecule has 0 bridgehead atoms. The van der Waals surface area contributed by atoms with Crippen molar-refractivity contribution >= 4 is 16.9 Å². The fraction of sp³-hybridized carbons (Fsp3) is 0.348. The number of rotatable bonds is 6. The summed E-state index contributed by atoms with van der Waals surface area (Å²) in [5.41, 5.74) is 3.33. The lowest BCUT2D eigenvalue weighted by molar-refractivity contribution is 0.171. The number of fused-ring (bicyclic) bond motifs is 2. The average molecular weight is 393 g/mol. The van der Waals surface area contributed by atoms with Crippen LogP contribution in [-0.4, -0.2) is 30.8 Å². The molecule has 4 rings (SSSR count). The number of nitrogens with one attached hydrogen (secondary N) is 3. The van der Waals surface area contributed by atoms with Crippen LogP contribution in [0.15, 0.2) is 48.7 Å². The number of urea groups is 1. The van der Waals surface area contributed by atoms with E-state index < -0.39 is 0 Å². The van der Waals surface area contributed by atoms with Gasteiger partial charge in [-0.3, -0.25) is 0 Å². The van der Waals surface area contributed by atoms with Crippen molar-refractivity contribution in [2.75, 3.05) is 19.8 Å². The second-order valence-electron chi connectivity index (χ2n) is 7.63. The number of aromatic amines is 1. The van der Waals surface area contributed by atoms with E-state index in [-0.39, 0.29) is 18.0 Å². The van der Waals surface area contributed by atoms with Crippen molar-refractivity contribution in [1.82, 2.24) is 15.6 Å². The van der Waals surface area contributed by atoms with Gasteiger partial charge in [-0.25, -0.2) is 4.79 Å². The van der Waals surface area contributed by atoms with E-state index in [1.165, 1.54) is 10.9 Å². The third-order valence-corrected chi connectivity index (χ3v) is 5.23. The first-order chi connectivity index (χ1) is 14.1. The number of carbonyl (C=O) groups excluding carboxylic acids is 1. The van der Waals surface area contributed by atoms with Crippen LogP contribution in [0.5, 0.6) is 11.5 Å². The average Bonchev–Trinajstić information content (AvgIpc) is 3.15. The molecule has 1 aliphatic heterocycles. The summed E-state index contributed by atoms with van der Waals surface area (Å²) in [4.78, 5) is 15.8. The zero-order valence-corrected chi connectivity index (χ0v) is 16.8. The van der Waals surface area contributed by atoms with Crippen LogP contribution >= 0.6 is 0 Å². The number of carbonyl (C=O) groups is 1. The number of amides is 2. The molecule has 1 atom stereocenters. The van der Waals surface area contributed by atoms with Gasteiger partial charge in [0.2, 0.25) is 0 Å². The van der Waals surface area contributed by atoms with Crippen LogP contribution in [0.3, 0.4) is 0 Å². The van der Waals surface area contributed by atoms with Gasteiger partial charge in [-0.15, -0.1) is 0 Å². The maximum Gasteiger partial charge on any atom is 0.315 e. The van der Waals surface area contributed by atoms with Crippen molar-refractivity contribution in [2.24, 2.45) is 5.92 Å². The Kier molecular flexibility index (Phi) is 5.60. The summed E-state index contributed by atoms with van der Waals surface area (Å²) >= 11 is 0. The van der Waals surface area contributed by atoms with Crippen LogP contribution in [0.1, 0.15) is 31.0 Å². The molecule has 0 radical (unpaired) electrons. The predicted molar refractivity (Wildman–Crippen MR) is 114 cm³/mol. The minimum absolute atomic E-state index is 0.112. The number of ether oxygens (including phenoxy) is 2. The predicted octanol–water partition coefficient (Wildman–Crippen LogP) is 4.18. The van der Waals surface area contributed by atoms with Gasteiger partial charge in [0.1, 0.15) is 13.2 Å². The second kappa shape index (κ2) is 8.47. The molecule has 0 aliphatic carbocycles. The molecule has 2 aromatic carbocycles. The molecule has 0 saturated heterocycles. The SMILES string of the molecule is CC(C)C(NC(=O)NCCc1c[nH]c2ccccc12)c1ccc2c(c1)OCCO2. The van der Waals surface area contributed by atoms with E-state index in [0.717, 1.165) is 29.0 Å². The largest absolute Gasteiger partial charge is 0.486 e. The van der Waals surface area contributed by atoms with Crippen molar-refractivity contribution in [1.29, 1.82) is 0 Å². The molecule has 6 heteroatoms. The quantitative estimate of drug-likeness (QED) is 0.588. The fourth-order valence-electron chi connectivity index (χ4n) is 3.73. The Morgan fingerprint density at radius 1 is 1.10 bits per heavy atom. The van der Waals surface area contributed by atoms with E-state index in [9.17, 15) is 4.79 Å². The molecule has 0 spiro atoms. The van der Waals surface area contributed by atoms with Crippen LogP contribution in [0, 0.1) is 5.92 Å². The van der Waals surface area contributed by atoms with E-state index in [1.54, 1.807) is 0 Å². The molecular weight excluding hydrogens is 366 g/mol.